The first-order chi connectivity index (χ1) is 21.2. The molecule has 3 atom stereocenters. The highest BCUT2D eigenvalue weighted by molar-refractivity contribution is 7.45. The third-order valence-electron chi connectivity index (χ3n) is 7.27. The van der Waals surface area contributed by atoms with Crippen LogP contribution in [0.2, 0.25) is 0 Å². The number of likely N-dealkylation sites (N-methyl/N-ethyl adjacent to an activating group) is 1. The Hall–Kier alpha value is -3.82. The number of fused-ring (bicyclic) bond motifs is 4. The van der Waals surface area contributed by atoms with Gasteiger partial charge in [-0.05, 0) is 59.2 Å². The maximum Gasteiger partial charge on any atom is 0.323 e. The van der Waals surface area contributed by atoms with Gasteiger partial charge in [-0.15, -0.1) is 0 Å². The van der Waals surface area contributed by atoms with Crippen LogP contribution in [0.25, 0.3) is 32.7 Å². The number of pyridine rings is 1. The lowest BCUT2D eigenvalue weighted by Crippen LogP contribution is -2.37. The first-order valence-corrected chi connectivity index (χ1v) is 16.0. The minimum Gasteiger partial charge on any atom is -0.462 e. The first-order valence-electron chi connectivity index (χ1n) is 14.8. The van der Waals surface area contributed by atoms with Crippen molar-refractivity contribution < 1.29 is 23.3 Å². The van der Waals surface area contributed by atoms with Gasteiger partial charge in [0.1, 0.15) is 29.7 Å². The van der Waals surface area contributed by atoms with Gasteiger partial charge in [0.15, 0.2) is 5.82 Å². The zero-order chi connectivity index (χ0) is 31.4. The maximum absolute atomic E-state index is 12.9. The van der Waals surface area contributed by atoms with E-state index in [1.165, 1.54) is 0 Å². The zero-order valence-electron chi connectivity index (χ0n) is 26.1. The number of hydrogen-bond donors (Lipinski definition) is 1. The van der Waals surface area contributed by atoms with E-state index in [0.717, 1.165) is 33.0 Å². The smallest absolute Gasteiger partial charge is 0.323 e. The fourth-order valence-corrected chi connectivity index (χ4v) is 6.39. The van der Waals surface area contributed by atoms with Crippen LogP contribution < -0.4 is 10.3 Å². The summed E-state index contributed by atoms with van der Waals surface area (Å²) in [5.41, 5.74) is 8.67. The quantitative estimate of drug-likeness (QED) is 0.112. The number of esters is 1. The summed E-state index contributed by atoms with van der Waals surface area (Å²) < 4.78 is 28.5. The molecule has 0 fully saturated rings. The third-order valence-corrected chi connectivity index (χ3v) is 9.03. The van der Waals surface area contributed by atoms with Crippen molar-refractivity contribution in [3.05, 3.63) is 72.6 Å². The first kappa shape index (κ1) is 31.6. The van der Waals surface area contributed by atoms with Crippen molar-refractivity contribution in [2.75, 3.05) is 19.4 Å². The number of nitrogens with two attached hydrogens (primary N) is 1. The van der Waals surface area contributed by atoms with Crippen LogP contribution >= 0.6 is 8.53 Å². The monoisotopic (exact) mass is 617 g/mol. The lowest BCUT2D eigenvalue weighted by Gasteiger charge is -2.32. The number of aromatic nitrogens is 3. The molecule has 0 saturated carbocycles. The van der Waals surface area contributed by atoms with Gasteiger partial charge in [0, 0.05) is 17.4 Å². The molecule has 2 heterocycles. The summed E-state index contributed by atoms with van der Waals surface area (Å²) in [5, 5.41) is 2.95. The number of ether oxygens (including phenoxy) is 2. The second-order valence-electron chi connectivity index (χ2n) is 10.9. The van der Waals surface area contributed by atoms with Gasteiger partial charge in [0.2, 0.25) is 0 Å². The molecule has 0 spiro atoms. The number of para-hydroxylation sites is 1. The molecule has 5 aromatic rings. The molecule has 5 rings (SSSR count). The van der Waals surface area contributed by atoms with Crippen LogP contribution in [0.4, 0.5) is 5.82 Å². The van der Waals surface area contributed by atoms with Gasteiger partial charge in [0.05, 0.1) is 29.8 Å². The number of nitrogen functional groups attached to an aromatic ring is 1. The molecule has 0 aliphatic heterocycles. The summed E-state index contributed by atoms with van der Waals surface area (Å²) in [6, 6.07) is 21.2. The summed E-state index contributed by atoms with van der Waals surface area (Å²) >= 11 is 0. The summed E-state index contributed by atoms with van der Waals surface area (Å²) in [6.07, 6.45) is -0.601. The third kappa shape index (κ3) is 6.79. The lowest BCUT2D eigenvalue weighted by atomic mass is 10.1. The summed E-state index contributed by atoms with van der Waals surface area (Å²) in [7, 11) is 0.0587. The van der Waals surface area contributed by atoms with E-state index in [9.17, 15) is 4.79 Å². The summed E-state index contributed by atoms with van der Waals surface area (Å²) in [5.74, 6) is 1.42. The standard InChI is InChI=1S/C33H40N5O5P/c1-7-40-20-29-36-30-31(26-16-10-11-17-27(26)35-32(30)34)38(29)19-22(4)42-44(37(6)23(5)33(39)41-21(2)3)43-28-18-12-14-24-13-8-9-15-25(24)28/h8-18,21-23H,7,19-20H2,1-6H3,(H2,34,35)/t22-,23-,44-/m0/s1. The van der Waals surface area contributed by atoms with Crippen LogP contribution in [-0.2, 0) is 31.9 Å². The van der Waals surface area contributed by atoms with E-state index >= 15 is 0 Å². The molecule has 2 aromatic heterocycles. The molecule has 11 heteroatoms. The molecule has 10 nitrogen and oxygen atoms in total. The lowest BCUT2D eigenvalue weighted by molar-refractivity contribution is -0.151. The molecule has 3 aromatic carbocycles. The number of nitrogens with zero attached hydrogens (tertiary/aromatic N) is 4. The van der Waals surface area contributed by atoms with E-state index in [-0.39, 0.29) is 18.2 Å². The van der Waals surface area contributed by atoms with Crippen molar-refractivity contribution in [1.82, 2.24) is 19.2 Å². The zero-order valence-corrected chi connectivity index (χ0v) is 27.0. The van der Waals surface area contributed by atoms with E-state index < -0.39 is 14.6 Å². The van der Waals surface area contributed by atoms with E-state index in [1.807, 2.05) is 106 Å². The van der Waals surface area contributed by atoms with Crippen molar-refractivity contribution in [3.8, 4) is 5.75 Å². The Bertz CT molecular complexity index is 1750. The van der Waals surface area contributed by atoms with Gasteiger partial charge in [-0.3, -0.25) is 4.79 Å². The van der Waals surface area contributed by atoms with Crippen LogP contribution in [-0.4, -0.2) is 57.1 Å². The molecule has 0 saturated heterocycles. The van der Waals surface area contributed by atoms with Crippen LogP contribution in [0, 0.1) is 0 Å². The highest BCUT2D eigenvalue weighted by atomic mass is 31.2. The Labute approximate surface area is 259 Å². The minimum absolute atomic E-state index is 0.238. The van der Waals surface area contributed by atoms with Crippen molar-refractivity contribution in [3.63, 3.8) is 0 Å². The number of hydrogen-bond acceptors (Lipinski definition) is 9. The van der Waals surface area contributed by atoms with Crippen molar-refractivity contribution in [2.45, 2.75) is 66.0 Å². The second kappa shape index (κ2) is 13.9. The van der Waals surface area contributed by atoms with E-state index in [2.05, 4.69) is 9.55 Å². The molecule has 0 bridgehead atoms. The van der Waals surface area contributed by atoms with Crippen molar-refractivity contribution in [1.29, 1.82) is 0 Å². The number of anilines is 1. The molecule has 0 aliphatic rings. The highest BCUT2D eigenvalue weighted by Crippen LogP contribution is 2.47. The molecule has 232 valence electrons. The Morgan fingerprint density at radius 1 is 0.977 bits per heavy atom. The summed E-state index contributed by atoms with van der Waals surface area (Å²) in [6.45, 7) is 10.7. The number of benzene rings is 3. The second-order valence-corrected chi connectivity index (χ2v) is 12.4. The van der Waals surface area contributed by atoms with Crippen LogP contribution in [0.5, 0.6) is 5.75 Å². The SMILES string of the molecule is CCOCc1nc2c(N)nc3ccccc3c2n1C[C@H](C)O[P@@](Oc1cccc2ccccc12)N(C)[C@@H](C)C(=O)OC(C)C. The Morgan fingerprint density at radius 2 is 1.68 bits per heavy atom. The predicted octanol–water partition coefficient (Wildman–Crippen LogP) is 6.84. The fourth-order valence-electron chi connectivity index (χ4n) is 4.99. The number of carbonyl (C=O) groups is 1. The average molecular weight is 618 g/mol. The predicted molar refractivity (Wildman–Crippen MR) is 175 cm³/mol. The van der Waals surface area contributed by atoms with Gasteiger partial charge in [-0.1, -0.05) is 54.6 Å². The van der Waals surface area contributed by atoms with E-state index in [0.29, 0.717) is 36.8 Å². The normalized spacial score (nSPS) is 14.0. The van der Waals surface area contributed by atoms with Crippen LogP contribution in [0.3, 0.4) is 0 Å². The van der Waals surface area contributed by atoms with Gasteiger partial charge in [-0.25, -0.2) is 14.6 Å². The van der Waals surface area contributed by atoms with Crippen molar-refractivity contribution >= 4 is 53.0 Å². The Morgan fingerprint density at radius 3 is 2.43 bits per heavy atom. The van der Waals surface area contributed by atoms with Gasteiger partial charge < -0.3 is 28.8 Å². The molecular weight excluding hydrogens is 577 g/mol. The van der Waals surface area contributed by atoms with Crippen molar-refractivity contribution in [2.24, 2.45) is 0 Å². The molecule has 2 N–H and O–H groups in total. The van der Waals surface area contributed by atoms with Gasteiger partial charge in [-0.2, -0.15) is 0 Å². The molecule has 0 aliphatic carbocycles. The molecular formula is C33H40N5O5P. The van der Waals surface area contributed by atoms with Crippen LogP contribution in [0.1, 0.15) is 40.4 Å². The molecule has 44 heavy (non-hydrogen) atoms. The van der Waals surface area contributed by atoms with E-state index in [1.54, 1.807) is 6.92 Å². The number of imidazole rings is 1. The largest absolute Gasteiger partial charge is 0.462 e. The molecule has 0 amide bonds. The maximum atomic E-state index is 12.9. The van der Waals surface area contributed by atoms with Crippen LogP contribution in [0.15, 0.2) is 66.7 Å². The topological polar surface area (TPSA) is 114 Å². The molecule has 0 unspecified atom stereocenters. The Kier molecular flexibility index (Phi) is 9.96. The summed E-state index contributed by atoms with van der Waals surface area (Å²) in [4.78, 5) is 22.4. The fraction of sp³-hybridized carbons (Fsp3) is 0.364. The minimum atomic E-state index is -1.76. The van der Waals surface area contributed by atoms with Gasteiger partial charge >= 0.3 is 14.5 Å². The average Bonchev–Trinajstić information content (AvgIpc) is 3.37. The molecule has 0 radical (unpaired) electrons. The number of rotatable bonds is 13. The van der Waals surface area contributed by atoms with Gasteiger partial charge in [0.25, 0.3) is 0 Å². The number of carbonyl (C=O) groups excluding carboxylic acids is 1. The highest BCUT2D eigenvalue weighted by Gasteiger charge is 2.32. The Balaban J connectivity index is 1.50. The van der Waals surface area contributed by atoms with E-state index in [4.69, 9.17) is 29.2 Å².